The molecule has 0 bridgehead atoms. The van der Waals surface area contributed by atoms with E-state index in [1.54, 1.807) is 10.9 Å². The van der Waals surface area contributed by atoms with Crippen molar-refractivity contribution in [3.05, 3.63) is 12.3 Å². The van der Waals surface area contributed by atoms with E-state index in [4.69, 9.17) is 11.6 Å². The third-order valence-corrected chi connectivity index (χ3v) is 4.02. The summed E-state index contributed by atoms with van der Waals surface area (Å²) in [5, 5.41) is 7.86. The number of nitrogens with one attached hydrogen (secondary N) is 1. The summed E-state index contributed by atoms with van der Waals surface area (Å²) in [5.41, 5.74) is 0.954. The molecular weight excluding hydrogens is 290 g/mol. The summed E-state index contributed by atoms with van der Waals surface area (Å²) >= 11 is 5.52. The highest BCUT2D eigenvalue weighted by Crippen LogP contribution is 2.26. The summed E-state index contributed by atoms with van der Waals surface area (Å²) < 4.78 is 1.76. The number of amides is 1. The van der Waals surface area contributed by atoms with E-state index in [9.17, 15) is 4.79 Å². The van der Waals surface area contributed by atoms with Gasteiger partial charge < -0.3 is 10.2 Å². The molecule has 112 valence electrons. The van der Waals surface area contributed by atoms with Crippen molar-refractivity contribution in [1.82, 2.24) is 14.8 Å². The summed E-state index contributed by atoms with van der Waals surface area (Å²) in [6.07, 6.45) is 5.49. The number of rotatable bonds is 3. The zero-order valence-corrected chi connectivity index (χ0v) is 12.7. The molecule has 3 rings (SSSR count). The molecule has 1 fully saturated rings. The van der Waals surface area contributed by atoms with Crippen molar-refractivity contribution >= 4 is 40.0 Å². The van der Waals surface area contributed by atoms with Crippen LogP contribution in [-0.4, -0.2) is 39.6 Å². The second kappa shape index (κ2) is 5.89. The van der Waals surface area contributed by atoms with E-state index in [-0.39, 0.29) is 11.8 Å². The molecule has 6 nitrogen and oxygen atoms in total. The molecule has 7 heteroatoms. The average molecular weight is 308 g/mol. The van der Waals surface area contributed by atoms with E-state index in [1.807, 2.05) is 13.1 Å². The summed E-state index contributed by atoms with van der Waals surface area (Å²) in [5.74, 6) is 1.13. The normalized spacial score (nSPS) is 15.4. The highest BCUT2D eigenvalue weighted by molar-refractivity contribution is 6.29. The first-order valence-electron chi connectivity index (χ1n) is 7.12. The molecule has 0 aromatic carbocycles. The molecule has 1 aliphatic heterocycles. The highest BCUT2D eigenvalue weighted by Gasteiger charge is 2.16. The highest BCUT2D eigenvalue weighted by atomic mass is 35.5. The van der Waals surface area contributed by atoms with Crippen LogP contribution in [0.2, 0.25) is 0 Å². The van der Waals surface area contributed by atoms with Gasteiger partial charge >= 0.3 is 0 Å². The Morgan fingerprint density at radius 2 is 2.14 bits per heavy atom. The van der Waals surface area contributed by atoms with Gasteiger partial charge in [-0.1, -0.05) is 0 Å². The number of carbonyl (C=O) groups excluding carboxylic acids is 1. The molecule has 0 spiro atoms. The Bertz CT molecular complexity index is 663. The molecular formula is C14H18ClN5O. The minimum absolute atomic E-state index is 0.0860. The van der Waals surface area contributed by atoms with Crippen molar-refractivity contribution in [2.45, 2.75) is 19.3 Å². The number of halogens is 1. The van der Waals surface area contributed by atoms with Gasteiger partial charge in [0.1, 0.15) is 11.7 Å². The van der Waals surface area contributed by atoms with Gasteiger partial charge in [0.25, 0.3) is 0 Å². The number of carbonyl (C=O) groups is 1. The van der Waals surface area contributed by atoms with Crippen LogP contribution >= 0.6 is 11.6 Å². The van der Waals surface area contributed by atoms with Crippen LogP contribution in [0.1, 0.15) is 19.3 Å². The van der Waals surface area contributed by atoms with Crippen LogP contribution in [0.15, 0.2) is 12.3 Å². The molecule has 0 saturated carbocycles. The van der Waals surface area contributed by atoms with Crippen LogP contribution in [0.25, 0.3) is 10.9 Å². The average Bonchev–Trinajstić information content (AvgIpc) is 2.84. The van der Waals surface area contributed by atoms with Crippen molar-refractivity contribution in [1.29, 1.82) is 0 Å². The largest absolute Gasteiger partial charge is 0.357 e. The first-order chi connectivity index (χ1) is 10.2. The van der Waals surface area contributed by atoms with Crippen LogP contribution in [0, 0.1) is 0 Å². The van der Waals surface area contributed by atoms with Crippen molar-refractivity contribution in [3.63, 3.8) is 0 Å². The lowest BCUT2D eigenvalue weighted by molar-refractivity contribution is -0.113. The second-order valence-corrected chi connectivity index (χ2v) is 5.53. The predicted octanol–water partition coefficient (Wildman–Crippen LogP) is 2.14. The number of aryl methyl sites for hydroxylation is 1. The third-order valence-electron chi connectivity index (χ3n) is 3.78. The maximum Gasteiger partial charge on any atom is 0.240 e. The van der Waals surface area contributed by atoms with Gasteiger partial charge in [-0.2, -0.15) is 5.10 Å². The van der Waals surface area contributed by atoms with Gasteiger partial charge in [-0.3, -0.25) is 9.48 Å². The molecule has 2 aromatic rings. The quantitative estimate of drug-likeness (QED) is 0.882. The summed E-state index contributed by atoms with van der Waals surface area (Å²) in [6.45, 7) is 2.10. The van der Waals surface area contributed by atoms with Gasteiger partial charge in [0.15, 0.2) is 5.82 Å². The smallest absolute Gasteiger partial charge is 0.240 e. The van der Waals surface area contributed by atoms with Gasteiger partial charge in [-0.25, -0.2) is 4.98 Å². The third kappa shape index (κ3) is 2.81. The Morgan fingerprint density at radius 3 is 2.86 bits per heavy atom. The molecule has 1 N–H and O–H groups in total. The van der Waals surface area contributed by atoms with E-state index < -0.39 is 0 Å². The lowest BCUT2D eigenvalue weighted by atomic mass is 10.1. The minimum atomic E-state index is -0.267. The summed E-state index contributed by atoms with van der Waals surface area (Å²) in [7, 11) is 1.86. The van der Waals surface area contributed by atoms with Crippen LogP contribution in [0.3, 0.4) is 0 Å². The van der Waals surface area contributed by atoms with Gasteiger partial charge in [-0.15, -0.1) is 11.6 Å². The zero-order chi connectivity index (χ0) is 14.8. The number of piperidine rings is 1. The Balaban J connectivity index is 1.94. The topological polar surface area (TPSA) is 63.1 Å². The van der Waals surface area contributed by atoms with Crippen LogP contribution in [-0.2, 0) is 11.8 Å². The number of anilines is 2. The lowest BCUT2D eigenvalue weighted by Gasteiger charge is -2.27. The Kier molecular flexibility index (Phi) is 3.96. The molecule has 0 radical (unpaired) electrons. The van der Waals surface area contributed by atoms with E-state index in [1.165, 1.54) is 19.3 Å². The minimum Gasteiger partial charge on any atom is -0.357 e. The molecule has 0 aliphatic carbocycles. The molecule has 21 heavy (non-hydrogen) atoms. The zero-order valence-electron chi connectivity index (χ0n) is 12.0. The Labute approximate surface area is 128 Å². The molecule has 1 aliphatic rings. The number of hydrogen-bond acceptors (Lipinski definition) is 4. The number of nitrogens with zero attached hydrogens (tertiary/aromatic N) is 4. The fourth-order valence-electron chi connectivity index (χ4n) is 2.70. The Morgan fingerprint density at radius 1 is 1.38 bits per heavy atom. The first-order valence-corrected chi connectivity index (χ1v) is 7.66. The van der Waals surface area contributed by atoms with Crippen molar-refractivity contribution in [3.8, 4) is 0 Å². The fraction of sp³-hybridized carbons (Fsp3) is 0.500. The number of pyridine rings is 1. The molecule has 1 amide bonds. The van der Waals surface area contributed by atoms with Crippen molar-refractivity contribution < 1.29 is 4.79 Å². The SMILES string of the molecule is Cn1nc(NC(=O)CCl)c2cnc(N3CCCCC3)cc21. The van der Waals surface area contributed by atoms with E-state index in [2.05, 4.69) is 20.3 Å². The maximum absolute atomic E-state index is 11.4. The molecule has 3 heterocycles. The molecule has 0 unspecified atom stereocenters. The lowest BCUT2D eigenvalue weighted by Crippen LogP contribution is -2.30. The maximum atomic E-state index is 11.4. The van der Waals surface area contributed by atoms with Gasteiger partial charge in [0.05, 0.1) is 10.9 Å². The number of fused-ring (bicyclic) bond motifs is 1. The van der Waals surface area contributed by atoms with Gasteiger partial charge in [0, 0.05) is 32.4 Å². The van der Waals surface area contributed by atoms with E-state index in [0.717, 1.165) is 29.8 Å². The second-order valence-electron chi connectivity index (χ2n) is 5.26. The van der Waals surface area contributed by atoms with Crippen LogP contribution in [0.4, 0.5) is 11.6 Å². The van der Waals surface area contributed by atoms with Crippen molar-refractivity contribution in [2.24, 2.45) is 7.05 Å². The van der Waals surface area contributed by atoms with E-state index >= 15 is 0 Å². The monoisotopic (exact) mass is 307 g/mol. The Hall–Kier alpha value is -1.82. The summed E-state index contributed by atoms with van der Waals surface area (Å²) in [6, 6.07) is 2.03. The molecule has 0 atom stereocenters. The standard InChI is InChI=1S/C14H18ClN5O/c1-19-11-7-12(20-5-3-2-4-6-20)16-9-10(11)14(18-19)17-13(21)8-15/h7,9H,2-6,8H2,1H3,(H,17,18,21). The number of aromatic nitrogens is 3. The molecule has 2 aromatic heterocycles. The summed E-state index contributed by atoms with van der Waals surface area (Å²) in [4.78, 5) is 18.3. The number of alkyl halides is 1. The van der Waals surface area contributed by atoms with Gasteiger partial charge in [0.2, 0.25) is 5.91 Å². The fourth-order valence-corrected chi connectivity index (χ4v) is 2.76. The predicted molar refractivity (Wildman–Crippen MR) is 83.9 cm³/mol. The molecule has 1 saturated heterocycles. The van der Waals surface area contributed by atoms with Crippen LogP contribution < -0.4 is 10.2 Å². The van der Waals surface area contributed by atoms with Crippen molar-refractivity contribution in [2.75, 3.05) is 29.2 Å². The van der Waals surface area contributed by atoms with Gasteiger partial charge in [-0.05, 0) is 19.3 Å². The van der Waals surface area contributed by atoms with Crippen LogP contribution in [0.5, 0.6) is 0 Å². The first kappa shape index (κ1) is 14.1. The van der Waals surface area contributed by atoms with E-state index in [0.29, 0.717) is 5.82 Å². The number of hydrogen-bond donors (Lipinski definition) is 1.